The average Bonchev–Trinajstić information content (AvgIpc) is 2.05. The van der Waals surface area contributed by atoms with Crippen LogP contribution in [-0.2, 0) is 0 Å². The lowest BCUT2D eigenvalue weighted by Crippen LogP contribution is -2.08. The SMILES string of the molecule is Cl.Cl.NNc1cc([N+](=O)[O-])ccn1. The maximum atomic E-state index is 10.2. The Kier molecular flexibility index (Phi) is 7.11. The summed E-state index contributed by atoms with van der Waals surface area (Å²) in [6.07, 6.45) is 1.31. The predicted octanol–water partition coefficient (Wildman–Crippen LogP) is 1.12. The molecule has 6 nitrogen and oxygen atoms in total. The molecule has 0 aliphatic rings. The van der Waals surface area contributed by atoms with E-state index in [1.54, 1.807) is 0 Å². The van der Waals surface area contributed by atoms with E-state index in [9.17, 15) is 10.1 Å². The van der Waals surface area contributed by atoms with E-state index in [4.69, 9.17) is 5.84 Å². The first-order valence-corrected chi connectivity index (χ1v) is 2.81. The number of rotatable bonds is 2. The van der Waals surface area contributed by atoms with Crippen LogP contribution >= 0.6 is 24.8 Å². The Hall–Kier alpha value is -1.11. The largest absolute Gasteiger partial charge is 0.308 e. The van der Waals surface area contributed by atoms with Crippen molar-refractivity contribution in [1.29, 1.82) is 0 Å². The van der Waals surface area contributed by atoms with E-state index >= 15 is 0 Å². The fourth-order valence-corrected chi connectivity index (χ4v) is 0.612. The van der Waals surface area contributed by atoms with Crippen LogP contribution in [0.15, 0.2) is 18.3 Å². The van der Waals surface area contributed by atoms with Crippen LogP contribution in [0.25, 0.3) is 0 Å². The van der Waals surface area contributed by atoms with Gasteiger partial charge < -0.3 is 5.43 Å². The molecule has 0 aliphatic carbocycles. The van der Waals surface area contributed by atoms with Crippen molar-refractivity contribution in [1.82, 2.24) is 4.98 Å². The molecule has 0 aliphatic heterocycles. The van der Waals surface area contributed by atoms with Crippen molar-refractivity contribution in [2.45, 2.75) is 0 Å². The Bertz CT molecular complexity index is 283. The molecule has 1 rings (SSSR count). The molecule has 3 N–H and O–H groups in total. The van der Waals surface area contributed by atoms with E-state index in [1.165, 1.54) is 18.3 Å². The standard InChI is InChI=1S/C5H6N4O2.2ClH/c6-8-5-3-4(9(10)11)1-2-7-5;;/h1-3H,6H2,(H,7,8);2*1H. The van der Waals surface area contributed by atoms with Crippen LogP contribution in [0.2, 0.25) is 0 Å². The van der Waals surface area contributed by atoms with E-state index in [2.05, 4.69) is 10.4 Å². The van der Waals surface area contributed by atoms with Crippen molar-refractivity contribution in [3.8, 4) is 0 Å². The molecule has 13 heavy (non-hydrogen) atoms. The number of anilines is 1. The summed E-state index contributed by atoms with van der Waals surface area (Å²) >= 11 is 0. The number of pyridine rings is 1. The first kappa shape index (κ1) is 14.4. The molecular weight excluding hydrogens is 219 g/mol. The van der Waals surface area contributed by atoms with Crippen molar-refractivity contribution in [3.05, 3.63) is 28.4 Å². The summed E-state index contributed by atoms with van der Waals surface area (Å²) in [6.45, 7) is 0. The Morgan fingerprint density at radius 3 is 2.62 bits per heavy atom. The van der Waals surface area contributed by atoms with Crippen molar-refractivity contribution in [2.75, 3.05) is 5.43 Å². The number of halogens is 2. The first-order chi connectivity index (χ1) is 5.24. The zero-order valence-corrected chi connectivity index (χ0v) is 7.97. The molecule has 1 aromatic heterocycles. The maximum absolute atomic E-state index is 10.2. The number of nitrogens with zero attached hydrogens (tertiary/aromatic N) is 2. The summed E-state index contributed by atoms with van der Waals surface area (Å²) in [7, 11) is 0. The molecule has 74 valence electrons. The minimum Gasteiger partial charge on any atom is -0.308 e. The van der Waals surface area contributed by atoms with Crippen LogP contribution in [0.4, 0.5) is 11.5 Å². The average molecular weight is 227 g/mol. The molecule has 0 fully saturated rings. The quantitative estimate of drug-likeness (QED) is 0.448. The number of hydrogen-bond acceptors (Lipinski definition) is 5. The van der Waals surface area contributed by atoms with Gasteiger partial charge in [-0.05, 0) is 0 Å². The molecular formula is C5H8Cl2N4O2. The Morgan fingerprint density at radius 2 is 2.15 bits per heavy atom. The van der Waals surface area contributed by atoms with E-state index in [1.807, 2.05) is 0 Å². The maximum Gasteiger partial charge on any atom is 0.274 e. The summed E-state index contributed by atoms with van der Waals surface area (Å²) in [5, 5.41) is 10.2. The van der Waals surface area contributed by atoms with Crippen molar-refractivity contribution in [3.63, 3.8) is 0 Å². The number of hydrazine groups is 1. The third-order valence-corrected chi connectivity index (χ3v) is 1.10. The zero-order chi connectivity index (χ0) is 8.27. The summed E-state index contributed by atoms with van der Waals surface area (Å²) in [5.74, 6) is 5.26. The molecule has 0 spiro atoms. The van der Waals surface area contributed by atoms with Crippen molar-refractivity contribution in [2.24, 2.45) is 5.84 Å². The minimum absolute atomic E-state index is 0. The zero-order valence-electron chi connectivity index (χ0n) is 6.34. The third-order valence-electron chi connectivity index (χ3n) is 1.10. The van der Waals surface area contributed by atoms with Crippen LogP contribution in [0, 0.1) is 10.1 Å². The molecule has 1 heterocycles. The van der Waals surface area contributed by atoms with Crippen molar-refractivity contribution < 1.29 is 4.92 Å². The number of hydrogen-bond donors (Lipinski definition) is 2. The highest BCUT2D eigenvalue weighted by Gasteiger charge is 2.04. The second-order valence-electron chi connectivity index (χ2n) is 1.80. The van der Waals surface area contributed by atoms with Gasteiger partial charge in [0.25, 0.3) is 5.69 Å². The highest BCUT2D eigenvalue weighted by atomic mass is 35.5. The van der Waals surface area contributed by atoms with Crippen LogP contribution in [0.1, 0.15) is 0 Å². The smallest absolute Gasteiger partial charge is 0.274 e. The van der Waals surface area contributed by atoms with Gasteiger partial charge in [0.15, 0.2) is 0 Å². The Labute approximate surface area is 86.5 Å². The highest BCUT2D eigenvalue weighted by molar-refractivity contribution is 5.85. The van der Waals surface area contributed by atoms with E-state index in [-0.39, 0.29) is 36.3 Å². The highest BCUT2D eigenvalue weighted by Crippen LogP contribution is 2.12. The predicted molar refractivity (Wildman–Crippen MR) is 53.2 cm³/mol. The number of nitrogens with one attached hydrogen (secondary N) is 1. The molecule has 0 bridgehead atoms. The van der Waals surface area contributed by atoms with Crippen LogP contribution in [-0.4, -0.2) is 9.91 Å². The normalized spacial score (nSPS) is 7.77. The Morgan fingerprint density at radius 1 is 1.54 bits per heavy atom. The third kappa shape index (κ3) is 3.88. The molecule has 0 radical (unpaired) electrons. The monoisotopic (exact) mass is 226 g/mol. The second kappa shape index (κ2) is 6.41. The number of nitrogens with two attached hydrogens (primary N) is 1. The number of aromatic nitrogens is 1. The van der Waals surface area contributed by atoms with E-state index < -0.39 is 4.92 Å². The van der Waals surface area contributed by atoms with Gasteiger partial charge in [-0.2, -0.15) is 0 Å². The van der Waals surface area contributed by atoms with Gasteiger partial charge in [-0.3, -0.25) is 10.1 Å². The van der Waals surface area contributed by atoms with Crippen molar-refractivity contribution >= 4 is 36.3 Å². The summed E-state index contributed by atoms with van der Waals surface area (Å²) in [4.78, 5) is 13.4. The van der Waals surface area contributed by atoms with E-state index in [0.717, 1.165) is 0 Å². The van der Waals surface area contributed by atoms with Gasteiger partial charge in [0.2, 0.25) is 0 Å². The summed E-state index contributed by atoms with van der Waals surface area (Å²) < 4.78 is 0. The molecule has 0 aromatic carbocycles. The topological polar surface area (TPSA) is 94.1 Å². The molecule has 1 aromatic rings. The van der Waals surface area contributed by atoms with Crippen LogP contribution in [0.3, 0.4) is 0 Å². The summed E-state index contributed by atoms with van der Waals surface area (Å²) in [6, 6.07) is 2.54. The van der Waals surface area contributed by atoms with Gasteiger partial charge in [-0.25, -0.2) is 10.8 Å². The van der Waals surface area contributed by atoms with Gasteiger partial charge in [-0.15, -0.1) is 24.8 Å². The number of nitrogen functional groups attached to an aromatic ring is 1. The van der Waals surface area contributed by atoms with Crippen LogP contribution < -0.4 is 11.3 Å². The minimum atomic E-state index is -0.511. The van der Waals surface area contributed by atoms with Gasteiger partial charge >= 0.3 is 0 Å². The molecule has 0 saturated heterocycles. The molecule has 0 atom stereocenters. The lowest BCUT2D eigenvalue weighted by Gasteiger charge is -1.95. The number of nitro groups is 1. The lowest BCUT2D eigenvalue weighted by molar-refractivity contribution is -0.384. The molecule has 0 unspecified atom stereocenters. The van der Waals surface area contributed by atoms with Gasteiger partial charge in [0, 0.05) is 12.3 Å². The second-order valence-corrected chi connectivity index (χ2v) is 1.80. The fourth-order valence-electron chi connectivity index (χ4n) is 0.612. The van der Waals surface area contributed by atoms with Gasteiger partial charge in [-0.1, -0.05) is 0 Å². The lowest BCUT2D eigenvalue weighted by atomic mass is 10.4. The summed E-state index contributed by atoms with van der Waals surface area (Å²) in [5.41, 5.74) is 2.17. The van der Waals surface area contributed by atoms with E-state index in [0.29, 0.717) is 0 Å². The molecule has 0 saturated carbocycles. The van der Waals surface area contributed by atoms with Gasteiger partial charge in [0.1, 0.15) is 5.82 Å². The van der Waals surface area contributed by atoms with Crippen LogP contribution in [0.5, 0.6) is 0 Å². The van der Waals surface area contributed by atoms with Gasteiger partial charge in [0.05, 0.1) is 11.0 Å². The fraction of sp³-hybridized carbons (Fsp3) is 0. The molecule has 0 amide bonds. The Balaban J connectivity index is 0. The first-order valence-electron chi connectivity index (χ1n) is 2.81. The molecule has 8 heteroatoms.